The van der Waals surface area contributed by atoms with Gasteiger partial charge in [-0.1, -0.05) is 18.2 Å². The lowest BCUT2D eigenvalue weighted by molar-refractivity contribution is 0.287. The second kappa shape index (κ2) is 8.66. The predicted octanol–water partition coefficient (Wildman–Crippen LogP) is 5.00. The quantitative estimate of drug-likeness (QED) is 0.583. The third-order valence-corrected chi connectivity index (χ3v) is 7.21. The molecule has 0 saturated heterocycles. The number of ether oxygens (including phenoxy) is 1. The molecule has 6 heteroatoms. The standard InChI is InChI=1S/C28H31FN4O/c1-17(2)33-9-10-34-28-24(29)13-22(14-25(28)33)27-23(19-5-6-19)16-31-26(32-27)12-18-3-4-21-15-30-8-7-20(21)11-18/h3-4,11,13-14,16-17,19,30H,5-10,12,15H2,1-2H3. The van der Waals surface area contributed by atoms with Gasteiger partial charge in [-0.2, -0.15) is 0 Å². The zero-order valence-corrected chi connectivity index (χ0v) is 19.9. The average molecular weight is 459 g/mol. The number of benzene rings is 2. The van der Waals surface area contributed by atoms with Crippen molar-refractivity contribution >= 4 is 5.69 Å². The van der Waals surface area contributed by atoms with E-state index in [1.165, 1.54) is 16.7 Å². The lowest BCUT2D eigenvalue weighted by Gasteiger charge is -2.35. The SMILES string of the molecule is CC(C)N1CCOc2c(F)cc(-c3nc(Cc4ccc5c(c4)CCNC5)ncc3C3CC3)cc21. The first-order valence-corrected chi connectivity index (χ1v) is 12.5. The third-order valence-electron chi connectivity index (χ3n) is 7.21. The minimum Gasteiger partial charge on any atom is -0.486 e. The van der Waals surface area contributed by atoms with Gasteiger partial charge in [-0.25, -0.2) is 14.4 Å². The summed E-state index contributed by atoms with van der Waals surface area (Å²) in [4.78, 5) is 12.0. The van der Waals surface area contributed by atoms with Gasteiger partial charge >= 0.3 is 0 Å². The molecule has 1 N–H and O–H groups in total. The lowest BCUT2D eigenvalue weighted by atomic mass is 9.97. The van der Waals surface area contributed by atoms with E-state index in [4.69, 9.17) is 14.7 Å². The predicted molar refractivity (Wildman–Crippen MR) is 132 cm³/mol. The Morgan fingerprint density at radius 3 is 2.88 bits per heavy atom. The maximum Gasteiger partial charge on any atom is 0.178 e. The van der Waals surface area contributed by atoms with Crippen LogP contribution in [-0.2, 0) is 19.4 Å². The van der Waals surface area contributed by atoms with E-state index in [0.717, 1.165) is 67.2 Å². The molecule has 3 aromatic rings. The van der Waals surface area contributed by atoms with Gasteiger partial charge < -0.3 is 15.0 Å². The van der Waals surface area contributed by atoms with Gasteiger partial charge in [0.2, 0.25) is 0 Å². The summed E-state index contributed by atoms with van der Waals surface area (Å²) in [5.74, 6) is 1.29. The van der Waals surface area contributed by atoms with Gasteiger partial charge in [0.25, 0.3) is 0 Å². The van der Waals surface area contributed by atoms with Crippen molar-refractivity contribution < 1.29 is 9.13 Å². The Morgan fingerprint density at radius 1 is 1.18 bits per heavy atom. The topological polar surface area (TPSA) is 50.3 Å². The maximum atomic E-state index is 15.2. The number of rotatable bonds is 5. The second-order valence-corrected chi connectivity index (χ2v) is 10.0. The van der Waals surface area contributed by atoms with Crippen LogP contribution < -0.4 is 15.0 Å². The Bertz CT molecular complexity index is 1240. The number of fused-ring (bicyclic) bond motifs is 2. The molecule has 0 atom stereocenters. The van der Waals surface area contributed by atoms with E-state index in [-0.39, 0.29) is 11.9 Å². The molecule has 6 rings (SSSR count). The molecule has 0 unspecified atom stereocenters. The van der Waals surface area contributed by atoms with Gasteiger partial charge in [-0.15, -0.1) is 0 Å². The van der Waals surface area contributed by atoms with Crippen molar-refractivity contribution in [2.45, 2.75) is 58.0 Å². The van der Waals surface area contributed by atoms with Crippen LogP contribution in [0.15, 0.2) is 36.5 Å². The number of anilines is 1. The van der Waals surface area contributed by atoms with Crippen molar-refractivity contribution in [3.05, 3.63) is 70.4 Å². The zero-order valence-electron chi connectivity index (χ0n) is 19.9. The number of aromatic nitrogens is 2. The van der Waals surface area contributed by atoms with Crippen LogP contribution in [0.1, 0.15) is 60.7 Å². The van der Waals surface area contributed by atoms with Crippen LogP contribution in [0, 0.1) is 5.82 Å². The van der Waals surface area contributed by atoms with Crippen molar-refractivity contribution in [2.24, 2.45) is 0 Å². The molecule has 3 heterocycles. The minimum atomic E-state index is -0.317. The first-order valence-electron chi connectivity index (χ1n) is 12.5. The summed E-state index contributed by atoms with van der Waals surface area (Å²) in [6, 6.07) is 10.6. The molecule has 1 aliphatic carbocycles. The van der Waals surface area contributed by atoms with Crippen molar-refractivity contribution in [2.75, 3.05) is 24.6 Å². The van der Waals surface area contributed by atoms with Gasteiger partial charge in [-0.3, -0.25) is 0 Å². The van der Waals surface area contributed by atoms with Gasteiger partial charge in [0, 0.05) is 30.8 Å². The molecule has 0 amide bonds. The second-order valence-electron chi connectivity index (χ2n) is 10.0. The van der Waals surface area contributed by atoms with Gasteiger partial charge in [0.15, 0.2) is 11.6 Å². The van der Waals surface area contributed by atoms with Gasteiger partial charge in [0.1, 0.15) is 12.4 Å². The monoisotopic (exact) mass is 458 g/mol. The minimum absolute atomic E-state index is 0.264. The summed E-state index contributed by atoms with van der Waals surface area (Å²) < 4.78 is 20.9. The number of halogens is 1. The maximum absolute atomic E-state index is 15.2. The van der Waals surface area contributed by atoms with Crippen molar-refractivity contribution in [1.82, 2.24) is 15.3 Å². The van der Waals surface area contributed by atoms with Crippen LogP contribution in [0.3, 0.4) is 0 Å². The van der Waals surface area contributed by atoms with Crippen LogP contribution in [0.2, 0.25) is 0 Å². The number of hydrogen-bond acceptors (Lipinski definition) is 5. The fourth-order valence-corrected chi connectivity index (χ4v) is 5.24. The average Bonchev–Trinajstić information content (AvgIpc) is 3.69. The van der Waals surface area contributed by atoms with E-state index in [1.807, 2.05) is 6.20 Å². The van der Waals surface area contributed by atoms with E-state index in [9.17, 15) is 0 Å². The van der Waals surface area contributed by atoms with Crippen LogP contribution >= 0.6 is 0 Å². The molecule has 3 aliphatic rings. The molecule has 0 spiro atoms. The van der Waals surface area contributed by atoms with Crippen LogP contribution in [0.5, 0.6) is 5.75 Å². The Hall–Kier alpha value is -2.99. The molecule has 1 fully saturated rings. The number of nitrogens with zero attached hydrogens (tertiary/aromatic N) is 3. The van der Waals surface area contributed by atoms with Gasteiger partial charge in [0.05, 0.1) is 17.9 Å². The van der Waals surface area contributed by atoms with E-state index >= 15 is 4.39 Å². The summed E-state index contributed by atoms with van der Waals surface area (Å²) in [6.07, 6.45) is 5.99. The van der Waals surface area contributed by atoms with Crippen LogP contribution in [0.25, 0.3) is 11.3 Å². The number of nitrogens with one attached hydrogen (secondary N) is 1. The molecule has 5 nitrogen and oxygen atoms in total. The van der Waals surface area contributed by atoms with Crippen molar-refractivity contribution in [3.63, 3.8) is 0 Å². The van der Waals surface area contributed by atoms with Crippen LogP contribution in [0.4, 0.5) is 10.1 Å². The summed E-state index contributed by atoms with van der Waals surface area (Å²) in [5.41, 5.74) is 7.65. The fourth-order valence-electron chi connectivity index (χ4n) is 5.24. The lowest BCUT2D eigenvalue weighted by Crippen LogP contribution is -2.38. The highest BCUT2D eigenvalue weighted by molar-refractivity contribution is 5.74. The highest BCUT2D eigenvalue weighted by Gasteiger charge is 2.30. The Morgan fingerprint density at radius 2 is 2.06 bits per heavy atom. The zero-order chi connectivity index (χ0) is 23.2. The van der Waals surface area contributed by atoms with Crippen molar-refractivity contribution in [1.29, 1.82) is 0 Å². The molecule has 2 aliphatic heterocycles. The molecule has 0 radical (unpaired) electrons. The highest BCUT2D eigenvalue weighted by Crippen LogP contribution is 2.45. The Labute approximate surface area is 200 Å². The molecular formula is C28H31FN4O. The normalized spacial score (nSPS) is 17.4. The summed E-state index contributed by atoms with van der Waals surface area (Å²) >= 11 is 0. The number of hydrogen-bond donors (Lipinski definition) is 1. The Kier molecular flexibility index (Phi) is 5.48. The molecule has 2 aromatic carbocycles. The molecule has 0 bridgehead atoms. The summed E-state index contributed by atoms with van der Waals surface area (Å²) in [6.45, 7) is 7.48. The smallest absolute Gasteiger partial charge is 0.178 e. The van der Waals surface area contributed by atoms with Crippen LogP contribution in [-0.4, -0.2) is 35.7 Å². The summed E-state index contributed by atoms with van der Waals surface area (Å²) in [7, 11) is 0. The Balaban J connectivity index is 1.39. The molecule has 34 heavy (non-hydrogen) atoms. The highest BCUT2D eigenvalue weighted by atomic mass is 19.1. The van der Waals surface area contributed by atoms with E-state index in [2.05, 4.69) is 48.3 Å². The van der Waals surface area contributed by atoms with E-state index in [0.29, 0.717) is 24.7 Å². The largest absolute Gasteiger partial charge is 0.486 e. The van der Waals surface area contributed by atoms with E-state index < -0.39 is 0 Å². The van der Waals surface area contributed by atoms with Crippen molar-refractivity contribution in [3.8, 4) is 17.0 Å². The first-order chi connectivity index (χ1) is 16.6. The molecule has 1 saturated carbocycles. The first kappa shape index (κ1) is 21.5. The molecule has 176 valence electrons. The third kappa shape index (κ3) is 4.05. The van der Waals surface area contributed by atoms with E-state index in [1.54, 1.807) is 6.07 Å². The van der Waals surface area contributed by atoms with Gasteiger partial charge in [-0.05, 0) is 80.0 Å². The summed E-state index contributed by atoms with van der Waals surface area (Å²) in [5, 5.41) is 3.43. The molecular weight excluding hydrogens is 427 g/mol. The molecule has 1 aromatic heterocycles. The fraction of sp³-hybridized carbons (Fsp3) is 0.429.